The van der Waals surface area contributed by atoms with Crippen LogP contribution in [0.3, 0.4) is 0 Å². The van der Waals surface area contributed by atoms with Crippen LogP contribution in [0.4, 0.5) is 0 Å². The molecule has 0 radical (unpaired) electrons. The molecule has 4 heteroatoms. The van der Waals surface area contributed by atoms with Gasteiger partial charge in [0.1, 0.15) is 6.29 Å². The Balaban J connectivity index is 1.69. The van der Waals surface area contributed by atoms with E-state index in [1.807, 2.05) is 12.1 Å². The molecule has 1 saturated carbocycles. The first-order valence-corrected chi connectivity index (χ1v) is 7.94. The Morgan fingerprint density at radius 1 is 1.19 bits per heavy atom. The predicted molar refractivity (Wildman–Crippen MR) is 80.8 cm³/mol. The summed E-state index contributed by atoms with van der Waals surface area (Å²) in [7, 11) is 0. The monoisotopic (exact) mass is 289 g/mol. The zero-order valence-corrected chi connectivity index (χ0v) is 12.3. The fourth-order valence-corrected chi connectivity index (χ4v) is 3.34. The van der Waals surface area contributed by atoms with Gasteiger partial charge in [0.15, 0.2) is 11.5 Å². The Labute approximate surface area is 125 Å². The summed E-state index contributed by atoms with van der Waals surface area (Å²) in [5, 5.41) is 13.2. The zero-order valence-electron chi connectivity index (χ0n) is 12.3. The van der Waals surface area contributed by atoms with E-state index in [1.54, 1.807) is 6.07 Å². The lowest BCUT2D eigenvalue weighted by Crippen LogP contribution is -2.38. The van der Waals surface area contributed by atoms with Gasteiger partial charge in [-0.2, -0.15) is 0 Å². The van der Waals surface area contributed by atoms with Crippen molar-refractivity contribution in [2.45, 2.75) is 56.6 Å². The minimum atomic E-state index is -0.00688. The summed E-state index contributed by atoms with van der Waals surface area (Å²) < 4.78 is 5.95. The van der Waals surface area contributed by atoms with E-state index >= 15 is 0 Å². The molecule has 1 saturated heterocycles. The van der Waals surface area contributed by atoms with Crippen molar-refractivity contribution < 1.29 is 14.6 Å². The average molecular weight is 289 g/mol. The summed E-state index contributed by atoms with van der Waals surface area (Å²) >= 11 is 0. The normalized spacial score (nSPS) is 26.7. The van der Waals surface area contributed by atoms with E-state index in [4.69, 9.17) is 4.74 Å². The Kier molecular flexibility index (Phi) is 4.44. The van der Waals surface area contributed by atoms with Gasteiger partial charge in [0.05, 0.1) is 12.1 Å². The molecule has 2 N–H and O–H groups in total. The molecule has 1 aromatic rings. The first kappa shape index (κ1) is 14.4. The first-order chi connectivity index (χ1) is 10.3. The van der Waals surface area contributed by atoms with Crippen LogP contribution in [-0.4, -0.2) is 30.1 Å². The van der Waals surface area contributed by atoms with Crippen LogP contribution in [-0.2, 0) is 4.79 Å². The van der Waals surface area contributed by atoms with Gasteiger partial charge in [0.25, 0.3) is 0 Å². The SMILES string of the molecule is O=CC1CCC(c2ccc(O)c(OC3CCCC3)c2)CN1. The molecule has 21 heavy (non-hydrogen) atoms. The highest BCUT2D eigenvalue weighted by Crippen LogP contribution is 2.35. The van der Waals surface area contributed by atoms with Gasteiger partial charge in [-0.1, -0.05) is 6.07 Å². The van der Waals surface area contributed by atoms with Gasteiger partial charge in [0, 0.05) is 6.54 Å². The number of benzene rings is 1. The molecule has 114 valence electrons. The summed E-state index contributed by atoms with van der Waals surface area (Å²) in [5.74, 6) is 1.21. The average Bonchev–Trinajstić information content (AvgIpc) is 3.03. The standard InChI is InChI=1S/C17H23NO3/c19-11-14-7-5-13(10-18-14)12-6-8-16(20)17(9-12)21-15-3-1-2-4-15/h6,8-9,11,13-15,18,20H,1-5,7,10H2. The van der Waals surface area contributed by atoms with Crippen LogP contribution in [0.25, 0.3) is 0 Å². The molecule has 1 aromatic carbocycles. The van der Waals surface area contributed by atoms with Gasteiger partial charge in [-0.15, -0.1) is 0 Å². The number of hydrogen-bond donors (Lipinski definition) is 2. The lowest BCUT2D eigenvalue weighted by molar-refractivity contribution is -0.110. The maximum absolute atomic E-state index is 10.8. The maximum Gasteiger partial charge on any atom is 0.161 e. The Morgan fingerprint density at radius 3 is 2.67 bits per heavy atom. The third-order valence-electron chi connectivity index (χ3n) is 4.67. The van der Waals surface area contributed by atoms with Crippen molar-refractivity contribution in [2.24, 2.45) is 0 Å². The molecule has 1 heterocycles. The van der Waals surface area contributed by atoms with Crippen molar-refractivity contribution in [1.29, 1.82) is 0 Å². The molecule has 2 unspecified atom stereocenters. The number of carbonyl (C=O) groups excluding carboxylic acids is 1. The van der Waals surface area contributed by atoms with E-state index in [9.17, 15) is 9.90 Å². The van der Waals surface area contributed by atoms with Crippen molar-refractivity contribution >= 4 is 6.29 Å². The van der Waals surface area contributed by atoms with Gasteiger partial charge in [-0.3, -0.25) is 0 Å². The second-order valence-electron chi connectivity index (χ2n) is 6.18. The van der Waals surface area contributed by atoms with E-state index in [0.29, 0.717) is 11.7 Å². The number of ether oxygens (including phenoxy) is 1. The lowest BCUT2D eigenvalue weighted by Gasteiger charge is -2.27. The molecule has 1 aliphatic carbocycles. The Bertz CT molecular complexity index is 489. The summed E-state index contributed by atoms with van der Waals surface area (Å²) in [6.07, 6.45) is 7.68. The number of phenols is 1. The fourth-order valence-electron chi connectivity index (χ4n) is 3.34. The van der Waals surface area contributed by atoms with Crippen molar-refractivity contribution in [3.05, 3.63) is 23.8 Å². The summed E-state index contributed by atoms with van der Waals surface area (Å²) in [5.41, 5.74) is 1.18. The highest BCUT2D eigenvalue weighted by atomic mass is 16.5. The van der Waals surface area contributed by atoms with E-state index in [-0.39, 0.29) is 17.9 Å². The lowest BCUT2D eigenvalue weighted by atomic mass is 9.89. The highest BCUT2D eigenvalue weighted by molar-refractivity contribution is 5.57. The van der Waals surface area contributed by atoms with Crippen molar-refractivity contribution in [3.8, 4) is 11.5 Å². The van der Waals surface area contributed by atoms with Gasteiger partial charge in [0.2, 0.25) is 0 Å². The molecule has 2 aliphatic rings. The topological polar surface area (TPSA) is 58.6 Å². The van der Waals surface area contributed by atoms with Crippen LogP contribution in [0, 0.1) is 0 Å². The van der Waals surface area contributed by atoms with Crippen LogP contribution in [0.15, 0.2) is 18.2 Å². The first-order valence-electron chi connectivity index (χ1n) is 7.94. The number of aromatic hydroxyl groups is 1. The van der Waals surface area contributed by atoms with Crippen LogP contribution < -0.4 is 10.1 Å². The molecule has 0 amide bonds. The minimum absolute atomic E-state index is 0.00688. The quantitative estimate of drug-likeness (QED) is 0.837. The number of hydrogen-bond acceptors (Lipinski definition) is 4. The Morgan fingerprint density at radius 2 is 2.00 bits per heavy atom. The number of rotatable bonds is 4. The van der Waals surface area contributed by atoms with Crippen LogP contribution >= 0.6 is 0 Å². The molecule has 1 aliphatic heterocycles. The summed E-state index contributed by atoms with van der Waals surface area (Å²) in [6, 6.07) is 5.66. The molecule has 2 fully saturated rings. The number of nitrogens with one attached hydrogen (secondary N) is 1. The molecule has 2 atom stereocenters. The number of piperidine rings is 1. The van der Waals surface area contributed by atoms with Crippen LogP contribution in [0.1, 0.15) is 50.0 Å². The minimum Gasteiger partial charge on any atom is -0.504 e. The van der Waals surface area contributed by atoms with Crippen molar-refractivity contribution in [3.63, 3.8) is 0 Å². The third kappa shape index (κ3) is 3.38. The largest absolute Gasteiger partial charge is 0.504 e. The second-order valence-corrected chi connectivity index (χ2v) is 6.18. The van der Waals surface area contributed by atoms with E-state index < -0.39 is 0 Å². The van der Waals surface area contributed by atoms with E-state index in [1.165, 1.54) is 18.4 Å². The van der Waals surface area contributed by atoms with E-state index in [2.05, 4.69) is 5.32 Å². The van der Waals surface area contributed by atoms with Crippen molar-refractivity contribution in [1.82, 2.24) is 5.32 Å². The second kappa shape index (κ2) is 6.48. The van der Waals surface area contributed by atoms with Gasteiger partial charge in [-0.25, -0.2) is 0 Å². The molecule has 0 spiro atoms. The van der Waals surface area contributed by atoms with E-state index in [0.717, 1.165) is 38.5 Å². The molecule has 4 nitrogen and oxygen atoms in total. The molecule has 3 rings (SSSR count). The smallest absolute Gasteiger partial charge is 0.161 e. The third-order valence-corrected chi connectivity index (χ3v) is 4.67. The summed E-state index contributed by atoms with van der Waals surface area (Å²) in [6.45, 7) is 0.803. The predicted octanol–water partition coefficient (Wildman–Crippen LogP) is 2.75. The molecule has 0 aromatic heterocycles. The zero-order chi connectivity index (χ0) is 14.7. The highest BCUT2D eigenvalue weighted by Gasteiger charge is 2.23. The molecular formula is C17H23NO3. The maximum atomic E-state index is 10.8. The van der Waals surface area contributed by atoms with Crippen molar-refractivity contribution in [2.75, 3.05) is 6.54 Å². The van der Waals surface area contributed by atoms with Crippen LogP contribution in [0.5, 0.6) is 11.5 Å². The van der Waals surface area contributed by atoms with Gasteiger partial charge >= 0.3 is 0 Å². The molecule has 0 bridgehead atoms. The fraction of sp³-hybridized carbons (Fsp3) is 0.588. The van der Waals surface area contributed by atoms with Gasteiger partial charge in [-0.05, 0) is 62.1 Å². The van der Waals surface area contributed by atoms with Crippen LogP contribution in [0.2, 0.25) is 0 Å². The Hall–Kier alpha value is -1.55. The number of phenolic OH excluding ortho intramolecular Hbond substituents is 1. The van der Waals surface area contributed by atoms with Gasteiger partial charge < -0.3 is 20.0 Å². The summed E-state index contributed by atoms with van der Waals surface area (Å²) in [4.78, 5) is 10.8. The number of aldehydes is 1. The number of carbonyl (C=O) groups is 1. The molecular weight excluding hydrogens is 266 g/mol.